The van der Waals surface area contributed by atoms with Gasteiger partial charge in [0.15, 0.2) is 0 Å². The van der Waals surface area contributed by atoms with Gasteiger partial charge in [-0.15, -0.1) is 0 Å². The maximum Gasteiger partial charge on any atom is 0.321 e. The number of benzene rings is 2. The number of methoxy groups -OCH3 is 2. The number of nitrogens with one attached hydrogen (secondary N) is 1. The zero-order valence-corrected chi connectivity index (χ0v) is 16.5. The third-order valence-electron chi connectivity index (χ3n) is 4.63. The molecule has 0 radical (unpaired) electrons. The van der Waals surface area contributed by atoms with E-state index in [4.69, 9.17) is 21.1 Å². The summed E-state index contributed by atoms with van der Waals surface area (Å²) in [5, 5.41) is 3.47. The number of ether oxygens (including phenoxy) is 2. The molecule has 7 heteroatoms. The average Bonchev–Trinajstić information content (AvgIpc) is 2.68. The first kappa shape index (κ1) is 19.2. The number of amides is 2. The Hall–Kier alpha value is -2.60. The fourth-order valence-corrected chi connectivity index (χ4v) is 3.40. The van der Waals surface area contributed by atoms with E-state index < -0.39 is 0 Å². The zero-order valence-electron chi connectivity index (χ0n) is 15.8. The van der Waals surface area contributed by atoms with Crippen LogP contribution in [0.15, 0.2) is 36.4 Å². The van der Waals surface area contributed by atoms with Crippen molar-refractivity contribution in [3.8, 4) is 11.5 Å². The van der Waals surface area contributed by atoms with E-state index in [2.05, 4.69) is 10.2 Å². The quantitative estimate of drug-likeness (QED) is 0.858. The number of carbonyl (C=O) groups excluding carboxylic acids is 1. The Morgan fingerprint density at radius 1 is 1.04 bits per heavy atom. The van der Waals surface area contributed by atoms with Crippen molar-refractivity contribution in [2.24, 2.45) is 0 Å². The third kappa shape index (κ3) is 4.39. The highest BCUT2D eigenvalue weighted by atomic mass is 35.5. The lowest BCUT2D eigenvalue weighted by atomic mass is 10.2. The van der Waals surface area contributed by atoms with Crippen molar-refractivity contribution in [1.82, 2.24) is 4.90 Å². The first-order valence-corrected chi connectivity index (χ1v) is 9.18. The molecule has 6 nitrogen and oxygen atoms in total. The number of anilines is 2. The molecule has 0 spiro atoms. The molecule has 2 aromatic rings. The summed E-state index contributed by atoms with van der Waals surface area (Å²) in [6.07, 6.45) is 0. The fourth-order valence-electron chi connectivity index (χ4n) is 3.17. The standard InChI is InChI=1S/C20H24ClN3O3/c1-14-5-4-6-15(11-14)22-20(25)24-9-7-23(8-10-24)17-13-18(26-2)16(21)12-19(17)27-3/h4-6,11-13H,7-10H2,1-3H3,(H,22,25). The predicted molar refractivity (Wildman–Crippen MR) is 109 cm³/mol. The highest BCUT2D eigenvalue weighted by molar-refractivity contribution is 6.32. The number of halogens is 1. The first-order valence-electron chi connectivity index (χ1n) is 8.81. The first-order chi connectivity index (χ1) is 13.0. The van der Waals surface area contributed by atoms with Gasteiger partial charge in [-0.05, 0) is 24.6 Å². The van der Waals surface area contributed by atoms with E-state index in [0.717, 1.165) is 16.9 Å². The Kier molecular flexibility index (Phi) is 5.96. The molecule has 144 valence electrons. The lowest BCUT2D eigenvalue weighted by Gasteiger charge is -2.36. The Morgan fingerprint density at radius 3 is 2.37 bits per heavy atom. The van der Waals surface area contributed by atoms with Crippen LogP contribution in [0, 0.1) is 6.92 Å². The van der Waals surface area contributed by atoms with Gasteiger partial charge in [0.2, 0.25) is 0 Å². The van der Waals surface area contributed by atoms with Gasteiger partial charge < -0.3 is 24.6 Å². The fraction of sp³-hybridized carbons (Fsp3) is 0.350. The Bertz CT molecular complexity index is 820. The number of hydrogen-bond acceptors (Lipinski definition) is 4. The zero-order chi connectivity index (χ0) is 19.4. The van der Waals surface area contributed by atoms with Crippen molar-refractivity contribution in [2.45, 2.75) is 6.92 Å². The van der Waals surface area contributed by atoms with Crippen LogP contribution < -0.4 is 19.7 Å². The largest absolute Gasteiger partial charge is 0.495 e. The molecule has 2 amide bonds. The second-order valence-electron chi connectivity index (χ2n) is 6.43. The minimum atomic E-state index is -0.0825. The number of nitrogens with zero attached hydrogens (tertiary/aromatic N) is 2. The third-order valence-corrected chi connectivity index (χ3v) is 4.93. The number of aryl methyl sites for hydroxylation is 1. The molecular formula is C20H24ClN3O3. The number of urea groups is 1. The molecule has 27 heavy (non-hydrogen) atoms. The molecule has 0 aliphatic carbocycles. The summed E-state index contributed by atoms with van der Waals surface area (Å²) in [6.45, 7) is 4.63. The lowest BCUT2D eigenvalue weighted by molar-refractivity contribution is 0.208. The molecule has 1 heterocycles. The number of carbonyl (C=O) groups is 1. The van der Waals surface area contributed by atoms with Gasteiger partial charge in [-0.1, -0.05) is 23.7 Å². The summed E-state index contributed by atoms with van der Waals surface area (Å²) in [5.41, 5.74) is 2.84. The van der Waals surface area contributed by atoms with Crippen molar-refractivity contribution < 1.29 is 14.3 Å². The highest BCUT2D eigenvalue weighted by Crippen LogP contribution is 2.38. The van der Waals surface area contributed by atoms with Gasteiger partial charge in [0.1, 0.15) is 11.5 Å². The van der Waals surface area contributed by atoms with Crippen LogP contribution in [0.3, 0.4) is 0 Å². The normalized spacial score (nSPS) is 14.1. The van der Waals surface area contributed by atoms with Crippen molar-refractivity contribution in [1.29, 1.82) is 0 Å². The Morgan fingerprint density at radius 2 is 1.74 bits per heavy atom. The van der Waals surface area contributed by atoms with E-state index >= 15 is 0 Å². The molecular weight excluding hydrogens is 366 g/mol. The smallest absolute Gasteiger partial charge is 0.321 e. The Labute approximate surface area is 164 Å². The van der Waals surface area contributed by atoms with Crippen LogP contribution in [0.1, 0.15) is 5.56 Å². The number of hydrogen-bond donors (Lipinski definition) is 1. The van der Waals surface area contributed by atoms with Crippen LogP contribution in [0.25, 0.3) is 0 Å². The number of rotatable bonds is 4. The van der Waals surface area contributed by atoms with Crippen LogP contribution in [0.5, 0.6) is 11.5 Å². The van der Waals surface area contributed by atoms with Crippen molar-refractivity contribution in [2.75, 3.05) is 50.6 Å². The van der Waals surface area contributed by atoms with Crippen molar-refractivity contribution >= 4 is 29.0 Å². The maximum atomic E-state index is 12.5. The van der Waals surface area contributed by atoms with Crippen molar-refractivity contribution in [3.05, 3.63) is 47.0 Å². The summed E-state index contributed by atoms with van der Waals surface area (Å²) >= 11 is 6.19. The molecule has 1 aliphatic rings. The van der Waals surface area contributed by atoms with E-state index in [1.807, 2.05) is 42.2 Å². The molecule has 0 aromatic heterocycles. The van der Waals surface area contributed by atoms with Gasteiger partial charge in [0, 0.05) is 44.0 Å². The van der Waals surface area contributed by atoms with E-state index in [1.54, 1.807) is 20.3 Å². The monoisotopic (exact) mass is 389 g/mol. The summed E-state index contributed by atoms with van der Waals surface area (Å²) in [6, 6.07) is 11.3. The minimum absolute atomic E-state index is 0.0825. The van der Waals surface area contributed by atoms with E-state index in [1.165, 1.54) is 0 Å². The van der Waals surface area contributed by atoms with E-state index in [0.29, 0.717) is 42.7 Å². The molecule has 2 aromatic carbocycles. The summed E-state index contributed by atoms with van der Waals surface area (Å²) in [5.74, 6) is 1.30. The van der Waals surface area contributed by atoms with Crippen LogP contribution in [0.4, 0.5) is 16.2 Å². The molecule has 0 unspecified atom stereocenters. The molecule has 1 N–H and O–H groups in total. The van der Waals surface area contributed by atoms with Crippen molar-refractivity contribution in [3.63, 3.8) is 0 Å². The van der Waals surface area contributed by atoms with Crippen LogP contribution in [-0.2, 0) is 0 Å². The molecule has 0 atom stereocenters. The van der Waals surface area contributed by atoms with Crippen LogP contribution in [-0.4, -0.2) is 51.3 Å². The van der Waals surface area contributed by atoms with Gasteiger partial charge >= 0.3 is 6.03 Å². The molecule has 1 aliphatic heterocycles. The van der Waals surface area contributed by atoms with Gasteiger partial charge in [-0.2, -0.15) is 0 Å². The van der Waals surface area contributed by atoms with E-state index in [9.17, 15) is 4.79 Å². The number of piperazine rings is 1. The second-order valence-corrected chi connectivity index (χ2v) is 6.84. The minimum Gasteiger partial charge on any atom is -0.495 e. The van der Waals surface area contributed by atoms with E-state index in [-0.39, 0.29) is 6.03 Å². The molecule has 0 saturated carbocycles. The molecule has 1 fully saturated rings. The van der Waals surface area contributed by atoms with Crippen LogP contribution in [0.2, 0.25) is 5.02 Å². The van der Waals surface area contributed by atoms with Gasteiger partial charge in [-0.3, -0.25) is 0 Å². The molecule has 3 rings (SSSR count). The molecule has 0 bridgehead atoms. The highest BCUT2D eigenvalue weighted by Gasteiger charge is 2.24. The Balaban J connectivity index is 1.66. The predicted octanol–water partition coefficient (Wildman–Crippen LogP) is 4.02. The summed E-state index contributed by atoms with van der Waals surface area (Å²) < 4.78 is 10.8. The maximum absolute atomic E-state index is 12.5. The SMILES string of the molecule is COc1cc(N2CCN(C(=O)Nc3cccc(C)c3)CC2)c(OC)cc1Cl. The topological polar surface area (TPSA) is 54.0 Å². The molecule has 1 saturated heterocycles. The summed E-state index contributed by atoms with van der Waals surface area (Å²) in [7, 11) is 3.21. The van der Waals surface area contributed by atoms with Gasteiger partial charge in [0.05, 0.1) is 24.9 Å². The average molecular weight is 390 g/mol. The van der Waals surface area contributed by atoms with Gasteiger partial charge in [-0.25, -0.2) is 4.79 Å². The lowest BCUT2D eigenvalue weighted by Crippen LogP contribution is -2.50. The summed E-state index contributed by atoms with van der Waals surface area (Å²) in [4.78, 5) is 16.5. The second kappa shape index (κ2) is 8.39. The van der Waals surface area contributed by atoms with Crippen LogP contribution >= 0.6 is 11.6 Å². The van der Waals surface area contributed by atoms with Gasteiger partial charge in [0.25, 0.3) is 0 Å².